The second-order valence-electron chi connectivity index (χ2n) is 3.29. The molecule has 0 radical (unpaired) electrons. The van der Waals surface area contributed by atoms with Crippen LogP contribution in [0.2, 0.25) is 0 Å². The predicted octanol–water partition coefficient (Wildman–Crippen LogP) is 2.79. The first-order valence-electron chi connectivity index (χ1n) is 4.61. The summed E-state index contributed by atoms with van der Waals surface area (Å²) in [5, 5.41) is 0.884. The van der Waals surface area contributed by atoms with Crippen molar-refractivity contribution in [3.63, 3.8) is 0 Å². The number of pyridine rings is 1. The summed E-state index contributed by atoms with van der Waals surface area (Å²) in [5.74, 6) is 0. The van der Waals surface area contributed by atoms with E-state index in [-0.39, 0.29) is 0 Å². The fourth-order valence-electron chi connectivity index (χ4n) is 1.73. The molecule has 0 atom stereocenters. The van der Waals surface area contributed by atoms with Crippen molar-refractivity contribution in [3.8, 4) is 0 Å². The number of aldehydes is 1. The van der Waals surface area contributed by atoms with Crippen molar-refractivity contribution in [2.75, 3.05) is 0 Å². The lowest BCUT2D eigenvalue weighted by Gasteiger charge is -1.90. The molecule has 2 heterocycles. The summed E-state index contributed by atoms with van der Waals surface area (Å²) >= 11 is 0. The number of benzene rings is 1. The highest BCUT2D eigenvalue weighted by molar-refractivity contribution is 6.07. The van der Waals surface area contributed by atoms with E-state index in [1.165, 1.54) is 0 Å². The SMILES string of the molecule is O=Cc1cccc2c1oc1cccnc12. The third-order valence-electron chi connectivity index (χ3n) is 2.41. The highest BCUT2D eigenvalue weighted by Crippen LogP contribution is 2.28. The third-order valence-corrected chi connectivity index (χ3v) is 2.41. The molecule has 0 saturated carbocycles. The summed E-state index contributed by atoms with van der Waals surface area (Å²) in [6.07, 6.45) is 2.51. The molecule has 0 aliphatic heterocycles. The first kappa shape index (κ1) is 8.17. The minimum absolute atomic E-state index is 0.561. The van der Waals surface area contributed by atoms with Crippen LogP contribution in [-0.4, -0.2) is 11.3 Å². The summed E-state index contributed by atoms with van der Waals surface area (Å²) in [5.41, 5.74) is 2.68. The van der Waals surface area contributed by atoms with Gasteiger partial charge >= 0.3 is 0 Å². The highest BCUT2D eigenvalue weighted by Gasteiger charge is 2.09. The molecule has 0 aliphatic carbocycles. The number of hydrogen-bond acceptors (Lipinski definition) is 3. The molecule has 0 bridgehead atoms. The molecule has 3 rings (SSSR count). The van der Waals surface area contributed by atoms with Gasteiger partial charge in [0, 0.05) is 11.6 Å². The lowest BCUT2D eigenvalue weighted by molar-refractivity contribution is 0.112. The molecular weight excluding hydrogens is 190 g/mol. The maximum atomic E-state index is 10.8. The summed E-state index contributed by atoms with van der Waals surface area (Å²) in [6.45, 7) is 0. The van der Waals surface area contributed by atoms with E-state index in [9.17, 15) is 4.79 Å². The van der Waals surface area contributed by atoms with E-state index < -0.39 is 0 Å². The summed E-state index contributed by atoms with van der Waals surface area (Å²) < 4.78 is 5.58. The molecule has 0 saturated heterocycles. The van der Waals surface area contributed by atoms with E-state index in [0.29, 0.717) is 16.7 Å². The van der Waals surface area contributed by atoms with Crippen molar-refractivity contribution in [2.24, 2.45) is 0 Å². The Kier molecular flexibility index (Phi) is 1.59. The average Bonchev–Trinajstić information content (AvgIpc) is 2.67. The number of hydrogen-bond donors (Lipinski definition) is 0. The van der Waals surface area contributed by atoms with Crippen LogP contribution in [0.5, 0.6) is 0 Å². The largest absolute Gasteiger partial charge is 0.454 e. The normalized spacial score (nSPS) is 10.9. The standard InChI is InChI=1S/C12H7NO2/c14-7-8-3-1-4-9-11-10(15-12(8)9)5-2-6-13-11/h1-7H. The maximum absolute atomic E-state index is 10.8. The Bertz CT molecular complexity index is 655. The quantitative estimate of drug-likeness (QED) is 0.563. The van der Waals surface area contributed by atoms with E-state index in [1.807, 2.05) is 24.3 Å². The molecular formula is C12H7NO2. The van der Waals surface area contributed by atoms with E-state index >= 15 is 0 Å². The number of rotatable bonds is 1. The van der Waals surface area contributed by atoms with E-state index in [2.05, 4.69) is 4.98 Å². The smallest absolute Gasteiger partial charge is 0.153 e. The number of fused-ring (bicyclic) bond motifs is 3. The molecule has 3 aromatic rings. The lowest BCUT2D eigenvalue weighted by Crippen LogP contribution is -1.78. The highest BCUT2D eigenvalue weighted by atomic mass is 16.3. The van der Waals surface area contributed by atoms with Crippen LogP contribution in [0.15, 0.2) is 40.9 Å². The Morgan fingerprint density at radius 2 is 2.13 bits per heavy atom. The average molecular weight is 197 g/mol. The molecule has 0 amide bonds. The van der Waals surface area contributed by atoms with Crippen molar-refractivity contribution < 1.29 is 9.21 Å². The third kappa shape index (κ3) is 1.06. The topological polar surface area (TPSA) is 43.1 Å². The molecule has 0 aliphatic rings. The Morgan fingerprint density at radius 1 is 1.20 bits per heavy atom. The van der Waals surface area contributed by atoms with Crippen LogP contribution < -0.4 is 0 Å². The van der Waals surface area contributed by atoms with Crippen molar-refractivity contribution >= 4 is 28.4 Å². The van der Waals surface area contributed by atoms with Crippen molar-refractivity contribution in [2.45, 2.75) is 0 Å². The van der Waals surface area contributed by atoms with Gasteiger partial charge in [-0.15, -0.1) is 0 Å². The molecule has 0 N–H and O–H groups in total. The minimum Gasteiger partial charge on any atom is -0.454 e. The van der Waals surface area contributed by atoms with Crippen LogP contribution in [0, 0.1) is 0 Å². The molecule has 1 aromatic carbocycles. The number of aromatic nitrogens is 1. The van der Waals surface area contributed by atoms with Crippen LogP contribution in [0.4, 0.5) is 0 Å². The zero-order valence-electron chi connectivity index (χ0n) is 7.81. The van der Waals surface area contributed by atoms with Gasteiger partial charge in [-0.05, 0) is 24.3 Å². The van der Waals surface area contributed by atoms with Gasteiger partial charge in [0.25, 0.3) is 0 Å². The monoisotopic (exact) mass is 197 g/mol. The zero-order chi connectivity index (χ0) is 10.3. The minimum atomic E-state index is 0.561. The van der Waals surface area contributed by atoms with Gasteiger partial charge in [0.15, 0.2) is 11.9 Å². The zero-order valence-corrected chi connectivity index (χ0v) is 7.81. The molecule has 3 heteroatoms. The molecule has 0 unspecified atom stereocenters. The Labute approximate surface area is 85.3 Å². The van der Waals surface area contributed by atoms with Crippen LogP contribution in [0.3, 0.4) is 0 Å². The first-order valence-corrected chi connectivity index (χ1v) is 4.61. The lowest BCUT2D eigenvalue weighted by atomic mass is 10.1. The number of para-hydroxylation sites is 1. The van der Waals surface area contributed by atoms with E-state index in [1.54, 1.807) is 12.3 Å². The summed E-state index contributed by atoms with van der Waals surface area (Å²) in [4.78, 5) is 15.1. The van der Waals surface area contributed by atoms with E-state index in [4.69, 9.17) is 4.42 Å². The number of carbonyl (C=O) groups is 1. The van der Waals surface area contributed by atoms with Gasteiger partial charge in [0.2, 0.25) is 0 Å². The van der Waals surface area contributed by atoms with Crippen molar-refractivity contribution in [1.29, 1.82) is 0 Å². The number of nitrogens with zero attached hydrogens (tertiary/aromatic N) is 1. The van der Waals surface area contributed by atoms with Gasteiger partial charge in [0.1, 0.15) is 11.1 Å². The van der Waals surface area contributed by atoms with Gasteiger partial charge in [-0.25, -0.2) is 0 Å². The van der Waals surface area contributed by atoms with E-state index in [0.717, 1.165) is 17.2 Å². The Balaban J connectivity index is 2.59. The number of carbonyl (C=O) groups excluding carboxylic acids is 1. The second-order valence-corrected chi connectivity index (χ2v) is 3.29. The fourth-order valence-corrected chi connectivity index (χ4v) is 1.73. The molecule has 0 spiro atoms. The Hall–Kier alpha value is -2.16. The second kappa shape index (κ2) is 2.92. The van der Waals surface area contributed by atoms with Crippen LogP contribution in [0.25, 0.3) is 22.1 Å². The number of furan rings is 1. The van der Waals surface area contributed by atoms with Crippen molar-refractivity contribution in [3.05, 3.63) is 42.1 Å². The molecule has 72 valence electrons. The van der Waals surface area contributed by atoms with Crippen molar-refractivity contribution in [1.82, 2.24) is 4.98 Å². The van der Waals surface area contributed by atoms with Gasteiger partial charge in [0.05, 0.1) is 5.56 Å². The Morgan fingerprint density at radius 3 is 3.00 bits per heavy atom. The molecule has 15 heavy (non-hydrogen) atoms. The predicted molar refractivity (Wildman–Crippen MR) is 56.9 cm³/mol. The van der Waals surface area contributed by atoms with Crippen LogP contribution in [0.1, 0.15) is 10.4 Å². The van der Waals surface area contributed by atoms with Gasteiger partial charge in [-0.2, -0.15) is 0 Å². The summed E-state index contributed by atoms with van der Waals surface area (Å²) in [7, 11) is 0. The maximum Gasteiger partial charge on any atom is 0.153 e. The van der Waals surface area contributed by atoms with Crippen LogP contribution in [-0.2, 0) is 0 Å². The summed E-state index contributed by atoms with van der Waals surface area (Å²) in [6, 6.07) is 9.12. The first-order chi connectivity index (χ1) is 7.40. The molecule has 3 nitrogen and oxygen atoms in total. The fraction of sp³-hybridized carbons (Fsp3) is 0. The van der Waals surface area contributed by atoms with Gasteiger partial charge in [-0.3, -0.25) is 9.78 Å². The van der Waals surface area contributed by atoms with Gasteiger partial charge < -0.3 is 4.42 Å². The van der Waals surface area contributed by atoms with Crippen LogP contribution >= 0.6 is 0 Å². The molecule has 0 fully saturated rings. The molecule has 2 aromatic heterocycles. The van der Waals surface area contributed by atoms with Gasteiger partial charge in [-0.1, -0.05) is 6.07 Å².